The first-order valence-electron chi connectivity index (χ1n) is 7.71. The van der Waals surface area contributed by atoms with Gasteiger partial charge in [0.1, 0.15) is 0 Å². The van der Waals surface area contributed by atoms with E-state index in [1.54, 1.807) is 15.5 Å². The van der Waals surface area contributed by atoms with Crippen LogP contribution < -0.4 is 5.73 Å². The van der Waals surface area contributed by atoms with Gasteiger partial charge in [0, 0.05) is 39.3 Å². The third-order valence-electron chi connectivity index (χ3n) is 4.45. The molecular formula is C13H26N4O3S. The molecule has 1 unspecified atom stereocenters. The summed E-state index contributed by atoms with van der Waals surface area (Å²) >= 11 is 0. The van der Waals surface area contributed by atoms with E-state index in [0.29, 0.717) is 39.3 Å². The van der Waals surface area contributed by atoms with Crippen LogP contribution in [0.15, 0.2) is 0 Å². The summed E-state index contributed by atoms with van der Waals surface area (Å²) < 4.78 is 28.5. The van der Waals surface area contributed by atoms with Crippen molar-refractivity contribution in [3.8, 4) is 0 Å². The first-order chi connectivity index (χ1) is 9.93. The average molecular weight is 318 g/mol. The number of nitrogens with zero attached hydrogens (tertiary/aromatic N) is 3. The average Bonchev–Trinajstić information content (AvgIpc) is 2.76. The molecule has 0 radical (unpaired) electrons. The van der Waals surface area contributed by atoms with Gasteiger partial charge < -0.3 is 5.73 Å². The number of nitrogens with two attached hydrogens (primary N) is 1. The molecule has 2 aliphatic rings. The van der Waals surface area contributed by atoms with Gasteiger partial charge in [-0.15, -0.1) is 0 Å². The van der Waals surface area contributed by atoms with Crippen LogP contribution in [0, 0.1) is 0 Å². The van der Waals surface area contributed by atoms with E-state index in [4.69, 9.17) is 5.73 Å². The Balaban J connectivity index is 1.95. The molecule has 2 saturated heterocycles. The van der Waals surface area contributed by atoms with Gasteiger partial charge in [-0.2, -0.15) is 17.0 Å². The molecular weight excluding hydrogens is 292 g/mol. The maximum absolute atomic E-state index is 12.6. The number of piperazine rings is 1. The third kappa shape index (κ3) is 3.94. The van der Waals surface area contributed by atoms with Crippen molar-refractivity contribution < 1.29 is 13.2 Å². The zero-order valence-electron chi connectivity index (χ0n) is 12.7. The Labute approximate surface area is 127 Å². The van der Waals surface area contributed by atoms with E-state index in [2.05, 4.69) is 0 Å². The molecule has 7 nitrogen and oxygen atoms in total. The minimum absolute atomic E-state index is 0.340. The summed E-state index contributed by atoms with van der Waals surface area (Å²) in [5.41, 5.74) is 5.30. The van der Waals surface area contributed by atoms with E-state index in [0.717, 1.165) is 25.7 Å². The molecule has 0 aliphatic carbocycles. The maximum Gasteiger partial charge on any atom is 0.282 e. The highest BCUT2D eigenvalue weighted by Gasteiger charge is 2.34. The quantitative estimate of drug-likeness (QED) is 0.764. The molecule has 2 N–H and O–H groups in total. The fraction of sp³-hybridized carbons (Fsp3) is 0.923. The number of hydrogen-bond donors (Lipinski definition) is 1. The Morgan fingerprint density at radius 2 is 1.38 bits per heavy atom. The van der Waals surface area contributed by atoms with E-state index >= 15 is 0 Å². The van der Waals surface area contributed by atoms with Gasteiger partial charge in [0.05, 0.1) is 6.04 Å². The lowest BCUT2D eigenvalue weighted by molar-refractivity contribution is -0.123. The van der Waals surface area contributed by atoms with Crippen LogP contribution in [-0.4, -0.2) is 73.1 Å². The van der Waals surface area contributed by atoms with Crippen LogP contribution in [0.25, 0.3) is 0 Å². The Hall–Kier alpha value is -0.700. The molecule has 0 spiro atoms. The maximum atomic E-state index is 12.6. The summed E-state index contributed by atoms with van der Waals surface area (Å²) in [4.78, 5) is 13.1. The number of hydrogen-bond acceptors (Lipinski definition) is 4. The van der Waals surface area contributed by atoms with Crippen molar-refractivity contribution in [3.05, 3.63) is 0 Å². The highest BCUT2D eigenvalue weighted by molar-refractivity contribution is 7.86. The Kier molecular flexibility index (Phi) is 5.59. The summed E-state index contributed by atoms with van der Waals surface area (Å²) in [7, 11) is -3.35. The van der Waals surface area contributed by atoms with Gasteiger partial charge in [0.2, 0.25) is 5.91 Å². The van der Waals surface area contributed by atoms with Gasteiger partial charge in [-0.3, -0.25) is 9.69 Å². The molecule has 21 heavy (non-hydrogen) atoms. The van der Waals surface area contributed by atoms with Crippen LogP contribution in [-0.2, 0) is 15.0 Å². The minimum Gasteiger partial charge on any atom is -0.368 e. The van der Waals surface area contributed by atoms with Crippen molar-refractivity contribution in [2.45, 2.75) is 38.6 Å². The molecule has 1 amide bonds. The molecule has 2 fully saturated rings. The van der Waals surface area contributed by atoms with E-state index in [1.165, 1.54) is 0 Å². The summed E-state index contributed by atoms with van der Waals surface area (Å²) in [5, 5.41) is 0. The van der Waals surface area contributed by atoms with Crippen LogP contribution >= 0.6 is 0 Å². The highest BCUT2D eigenvalue weighted by Crippen LogP contribution is 2.18. The monoisotopic (exact) mass is 318 g/mol. The van der Waals surface area contributed by atoms with Gasteiger partial charge >= 0.3 is 0 Å². The fourth-order valence-corrected chi connectivity index (χ4v) is 4.61. The van der Waals surface area contributed by atoms with E-state index in [9.17, 15) is 13.2 Å². The second-order valence-electron chi connectivity index (χ2n) is 5.83. The topological polar surface area (TPSA) is 87.0 Å². The predicted molar refractivity (Wildman–Crippen MR) is 80.8 cm³/mol. The molecule has 2 rings (SSSR count). The van der Waals surface area contributed by atoms with Crippen molar-refractivity contribution in [1.29, 1.82) is 0 Å². The molecule has 8 heteroatoms. The normalized spacial score (nSPS) is 25.4. The fourth-order valence-electron chi connectivity index (χ4n) is 2.94. The second kappa shape index (κ2) is 7.04. The van der Waals surface area contributed by atoms with Gasteiger partial charge in [0.15, 0.2) is 0 Å². The standard InChI is InChI=1S/C13H26N4O3S/c1-12(13(14)18)15-8-10-17(11-9-15)21(19,20)16-6-4-2-3-5-7-16/h12H,2-11H2,1H3,(H2,14,18). The van der Waals surface area contributed by atoms with Crippen LogP contribution in [0.1, 0.15) is 32.6 Å². The lowest BCUT2D eigenvalue weighted by Gasteiger charge is -2.38. The van der Waals surface area contributed by atoms with Crippen LogP contribution in [0.2, 0.25) is 0 Å². The van der Waals surface area contributed by atoms with Crippen LogP contribution in [0.3, 0.4) is 0 Å². The van der Waals surface area contributed by atoms with Crippen molar-refractivity contribution in [2.24, 2.45) is 5.73 Å². The highest BCUT2D eigenvalue weighted by atomic mass is 32.2. The van der Waals surface area contributed by atoms with Crippen LogP contribution in [0.4, 0.5) is 0 Å². The van der Waals surface area contributed by atoms with Crippen molar-refractivity contribution in [2.75, 3.05) is 39.3 Å². The van der Waals surface area contributed by atoms with E-state index < -0.39 is 10.2 Å². The van der Waals surface area contributed by atoms with E-state index in [1.807, 2.05) is 4.90 Å². The molecule has 0 saturated carbocycles. The number of rotatable bonds is 4. The zero-order chi connectivity index (χ0) is 15.5. The number of carbonyl (C=O) groups excluding carboxylic acids is 1. The zero-order valence-corrected chi connectivity index (χ0v) is 13.5. The molecule has 0 bridgehead atoms. The Morgan fingerprint density at radius 1 is 0.905 bits per heavy atom. The summed E-state index contributed by atoms with van der Waals surface area (Å²) in [6.45, 7) is 4.98. The van der Waals surface area contributed by atoms with Crippen molar-refractivity contribution >= 4 is 16.1 Å². The second-order valence-corrected chi connectivity index (χ2v) is 7.76. The van der Waals surface area contributed by atoms with Gasteiger partial charge in [-0.05, 0) is 19.8 Å². The molecule has 2 heterocycles. The number of carbonyl (C=O) groups is 1. The first kappa shape index (κ1) is 16.7. The minimum atomic E-state index is -3.35. The van der Waals surface area contributed by atoms with Gasteiger partial charge in [0.25, 0.3) is 10.2 Å². The van der Waals surface area contributed by atoms with E-state index in [-0.39, 0.29) is 11.9 Å². The SMILES string of the molecule is CC(C(N)=O)N1CCN(S(=O)(=O)N2CCCCCC2)CC1. The molecule has 122 valence electrons. The van der Waals surface area contributed by atoms with Crippen molar-refractivity contribution in [3.63, 3.8) is 0 Å². The molecule has 0 aromatic carbocycles. The Bertz CT molecular complexity index is 452. The number of primary amides is 1. The molecule has 1 atom stereocenters. The molecule has 0 aromatic heterocycles. The van der Waals surface area contributed by atoms with Gasteiger partial charge in [-0.1, -0.05) is 12.8 Å². The molecule has 0 aromatic rings. The third-order valence-corrected chi connectivity index (χ3v) is 6.49. The summed E-state index contributed by atoms with van der Waals surface area (Å²) in [6, 6.07) is -0.340. The van der Waals surface area contributed by atoms with Crippen LogP contribution in [0.5, 0.6) is 0 Å². The lowest BCUT2D eigenvalue weighted by Crippen LogP contribution is -2.56. The van der Waals surface area contributed by atoms with Gasteiger partial charge in [-0.25, -0.2) is 0 Å². The first-order valence-corrected chi connectivity index (χ1v) is 9.11. The summed E-state index contributed by atoms with van der Waals surface area (Å²) in [5.74, 6) is -0.362. The predicted octanol–water partition coefficient (Wildman–Crippen LogP) is -0.401. The summed E-state index contributed by atoms with van der Waals surface area (Å²) in [6.07, 6.45) is 4.10. The Morgan fingerprint density at radius 3 is 1.86 bits per heavy atom. The lowest BCUT2D eigenvalue weighted by atomic mass is 10.2. The largest absolute Gasteiger partial charge is 0.368 e. The molecule has 2 aliphatic heterocycles. The number of amides is 1. The smallest absolute Gasteiger partial charge is 0.282 e. The van der Waals surface area contributed by atoms with Crippen molar-refractivity contribution in [1.82, 2.24) is 13.5 Å².